The average Bonchev–Trinajstić information content (AvgIpc) is 2.92. The van der Waals surface area contributed by atoms with Crippen molar-refractivity contribution in [1.29, 1.82) is 0 Å². The standard InChI is InChI=1S/C11H15ClN2/c1-14(10-4-5-10)7-8-2-3-9(13)6-11(8)12/h2-3,6,10H,4-5,7,13H2,1H3. The zero-order chi connectivity index (χ0) is 10.1. The van der Waals surface area contributed by atoms with E-state index in [4.69, 9.17) is 17.3 Å². The van der Waals surface area contributed by atoms with Gasteiger partial charge in [0.2, 0.25) is 0 Å². The maximum Gasteiger partial charge on any atom is 0.0471 e. The highest BCUT2D eigenvalue weighted by molar-refractivity contribution is 6.31. The quantitative estimate of drug-likeness (QED) is 0.777. The predicted octanol–water partition coefficient (Wildman–Crippen LogP) is 2.52. The van der Waals surface area contributed by atoms with Crippen LogP contribution in [0.5, 0.6) is 0 Å². The number of anilines is 1. The van der Waals surface area contributed by atoms with Crippen LogP contribution >= 0.6 is 11.6 Å². The van der Waals surface area contributed by atoms with Crippen molar-refractivity contribution < 1.29 is 0 Å². The Hall–Kier alpha value is -0.730. The van der Waals surface area contributed by atoms with Crippen LogP contribution in [0.4, 0.5) is 5.69 Å². The van der Waals surface area contributed by atoms with Gasteiger partial charge in [-0.25, -0.2) is 0 Å². The van der Waals surface area contributed by atoms with Crippen molar-refractivity contribution in [2.75, 3.05) is 12.8 Å². The summed E-state index contributed by atoms with van der Waals surface area (Å²) in [6, 6.07) is 6.50. The van der Waals surface area contributed by atoms with Crippen LogP contribution in [0.1, 0.15) is 18.4 Å². The third-order valence-corrected chi connectivity index (χ3v) is 3.02. The fourth-order valence-electron chi connectivity index (χ4n) is 1.60. The maximum atomic E-state index is 6.09. The van der Waals surface area contributed by atoms with E-state index in [-0.39, 0.29) is 0 Å². The summed E-state index contributed by atoms with van der Waals surface area (Å²) in [5, 5.41) is 0.775. The number of nitrogens with zero attached hydrogens (tertiary/aromatic N) is 1. The van der Waals surface area contributed by atoms with Crippen LogP contribution in [0, 0.1) is 0 Å². The third kappa shape index (κ3) is 2.20. The van der Waals surface area contributed by atoms with Gasteiger partial charge in [-0.3, -0.25) is 4.90 Å². The predicted molar refractivity (Wildman–Crippen MR) is 60.4 cm³/mol. The molecule has 0 spiro atoms. The van der Waals surface area contributed by atoms with Gasteiger partial charge in [-0.1, -0.05) is 17.7 Å². The lowest BCUT2D eigenvalue weighted by atomic mass is 10.2. The Morgan fingerprint density at radius 2 is 2.21 bits per heavy atom. The molecular formula is C11H15ClN2. The lowest BCUT2D eigenvalue weighted by Crippen LogP contribution is -2.20. The molecule has 0 aromatic heterocycles. The monoisotopic (exact) mass is 210 g/mol. The Bertz CT molecular complexity index is 334. The van der Waals surface area contributed by atoms with Gasteiger partial charge in [0, 0.05) is 23.3 Å². The van der Waals surface area contributed by atoms with Crippen molar-refractivity contribution in [3.8, 4) is 0 Å². The first-order chi connectivity index (χ1) is 6.66. The van der Waals surface area contributed by atoms with Crippen molar-refractivity contribution in [1.82, 2.24) is 4.90 Å². The van der Waals surface area contributed by atoms with Gasteiger partial charge in [-0.05, 0) is 37.6 Å². The number of rotatable bonds is 3. The van der Waals surface area contributed by atoms with Gasteiger partial charge in [0.05, 0.1) is 0 Å². The normalized spacial score (nSPS) is 16.2. The Morgan fingerprint density at radius 3 is 2.79 bits per heavy atom. The average molecular weight is 211 g/mol. The fourth-order valence-corrected chi connectivity index (χ4v) is 1.85. The van der Waals surface area contributed by atoms with E-state index in [1.807, 2.05) is 18.2 Å². The molecule has 2 N–H and O–H groups in total. The second kappa shape index (κ2) is 3.79. The van der Waals surface area contributed by atoms with Crippen LogP contribution in [-0.4, -0.2) is 18.0 Å². The van der Waals surface area contributed by atoms with Crippen LogP contribution < -0.4 is 5.73 Å². The first kappa shape index (κ1) is 9.81. The van der Waals surface area contributed by atoms with Gasteiger partial charge in [0.25, 0.3) is 0 Å². The van der Waals surface area contributed by atoms with Crippen molar-refractivity contribution in [3.63, 3.8) is 0 Å². The van der Waals surface area contributed by atoms with Crippen LogP contribution in [0.2, 0.25) is 5.02 Å². The molecule has 0 aliphatic heterocycles. The molecule has 2 rings (SSSR count). The maximum absolute atomic E-state index is 6.09. The van der Waals surface area contributed by atoms with E-state index in [0.717, 1.165) is 28.9 Å². The molecule has 3 heteroatoms. The zero-order valence-corrected chi connectivity index (χ0v) is 9.09. The minimum atomic E-state index is 0.729. The lowest BCUT2D eigenvalue weighted by molar-refractivity contribution is 0.316. The number of benzene rings is 1. The summed E-state index contributed by atoms with van der Waals surface area (Å²) in [5.41, 5.74) is 7.52. The molecular weight excluding hydrogens is 196 g/mol. The van der Waals surface area contributed by atoms with E-state index < -0.39 is 0 Å². The minimum absolute atomic E-state index is 0.729. The Kier molecular flexibility index (Phi) is 2.66. The fraction of sp³-hybridized carbons (Fsp3) is 0.455. The topological polar surface area (TPSA) is 29.3 Å². The summed E-state index contributed by atoms with van der Waals surface area (Å²) in [4.78, 5) is 2.34. The summed E-state index contributed by atoms with van der Waals surface area (Å²) >= 11 is 6.09. The van der Waals surface area contributed by atoms with Crippen LogP contribution in [0.25, 0.3) is 0 Å². The molecule has 0 bridgehead atoms. The summed E-state index contributed by atoms with van der Waals surface area (Å²) in [6.07, 6.45) is 2.65. The first-order valence-corrected chi connectivity index (χ1v) is 5.29. The van der Waals surface area contributed by atoms with E-state index in [2.05, 4.69) is 11.9 Å². The molecule has 0 unspecified atom stereocenters. The molecule has 1 aromatic rings. The lowest BCUT2D eigenvalue weighted by Gasteiger charge is -2.16. The van der Waals surface area contributed by atoms with E-state index >= 15 is 0 Å². The van der Waals surface area contributed by atoms with E-state index in [9.17, 15) is 0 Å². The van der Waals surface area contributed by atoms with E-state index in [1.54, 1.807) is 0 Å². The number of nitrogen functional groups attached to an aromatic ring is 1. The van der Waals surface area contributed by atoms with E-state index in [0.29, 0.717) is 0 Å². The van der Waals surface area contributed by atoms with Crippen LogP contribution in [-0.2, 0) is 6.54 Å². The molecule has 1 aromatic carbocycles. The second-order valence-electron chi connectivity index (χ2n) is 4.00. The Morgan fingerprint density at radius 1 is 1.50 bits per heavy atom. The minimum Gasteiger partial charge on any atom is -0.399 e. The Labute approximate surface area is 89.7 Å². The number of hydrogen-bond donors (Lipinski definition) is 1. The molecule has 1 aliphatic rings. The number of nitrogens with two attached hydrogens (primary N) is 1. The Balaban J connectivity index is 2.07. The molecule has 1 saturated carbocycles. The van der Waals surface area contributed by atoms with Gasteiger partial charge >= 0.3 is 0 Å². The van der Waals surface area contributed by atoms with Crippen LogP contribution in [0.15, 0.2) is 18.2 Å². The third-order valence-electron chi connectivity index (χ3n) is 2.67. The van der Waals surface area contributed by atoms with Gasteiger partial charge < -0.3 is 5.73 Å². The van der Waals surface area contributed by atoms with Gasteiger partial charge in [0.1, 0.15) is 0 Å². The highest BCUT2D eigenvalue weighted by Gasteiger charge is 2.26. The smallest absolute Gasteiger partial charge is 0.0471 e. The SMILES string of the molecule is CN(Cc1ccc(N)cc1Cl)C1CC1. The molecule has 76 valence electrons. The summed E-state index contributed by atoms with van der Waals surface area (Å²) < 4.78 is 0. The second-order valence-corrected chi connectivity index (χ2v) is 4.40. The van der Waals surface area contributed by atoms with E-state index in [1.165, 1.54) is 12.8 Å². The summed E-state index contributed by atoms with van der Waals surface area (Å²) in [6.45, 7) is 0.920. The highest BCUT2D eigenvalue weighted by atomic mass is 35.5. The summed E-state index contributed by atoms with van der Waals surface area (Å²) in [7, 11) is 2.14. The molecule has 0 atom stereocenters. The highest BCUT2D eigenvalue weighted by Crippen LogP contribution is 2.28. The number of hydrogen-bond acceptors (Lipinski definition) is 2. The molecule has 0 saturated heterocycles. The van der Waals surface area contributed by atoms with Gasteiger partial charge in [-0.15, -0.1) is 0 Å². The molecule has 0 heterocycles. The van der Waals surface area contributed by atoms with Crippen molar-refractivity contribution in [3.05, 3.63) is 28.8 Å². The van der Waals surface area contributed by atoms with Crippen molar-refractivity contribution >= 4 is 17.3 Å². The molecule has 1 aliphatic carbocycles. The van der Waals surface area contributed by atoms with Gasteiger partial charge in [-0.2, -0.15) is 0 Å². The summed E-state index contributed by atoms with van der Waals surface area (Å²) in [5.74, 6) is 0. The van der Waals surface area contributed by atoms with Crippen molar-refractivity contribution in [2.45, 2.75) is 25.4 Å². The van der Waals surface area contributed by atoms with Crippen LogP contribution in [0.3, 0.4) is 0 Å². The number of halogens is 1. The van der Waals surface area contributed by atoms with Gasteiger partial charge in [0.15, 0.2) is 0 Å². The zero-order valence-electron chi connectivity index (χ0n) is 8.33. The first-order valence-electron chi connectivity index (χ1n) is 4.91. The van der Waals surface area contributed by atoms with Crippen molar-refractivity contribution in [2.24, 2.45) is 0 Å². The molecule has 14 heavy (non-hydrogen) atoms. The molecule has 1 fully saturated rings. The molecule has 2 nitrogen and oxygen atoms in total. The largest absolute Gasteiger partial charge is 0.399 e. The molecule has 0 radical (unpaired) electrons. The molecule has 0 amide bonds.